The summed E-state index contributed by atoms with van der Waals surface area (Å²) in [5.41, 5.74) is 1.55. The topological polar surface area (TPSA) is 80.1 Å². The van der Waals surface area contributed by atoms with Crippen LogP contribution in [0.25, 0.3) is 11.5 Å². The van der Waals surface area contributed by atoms with Crippen LogP contribution in [0, 0.1) is 5.92 Å². The van der Waals surface area contributed by atoms with E-state index in [9.17, 15) is 4.79 Å². The molecule has 1 fully saturated rings. The van der Waals surface area contributed by atoms with Crippen LogP contribution in [0.3, 0.4) is 0 Å². The maximum absolute atomic E-state index is 12.2. The molecule has 0 saturated carbocycles. The van der Waals surface area contributed by atoms with E-state index in [0.717, 1.165) is 37.2 Å². The van der Waals surface area contributed by atoms with Gasteiger partial charge in [-0.2, -0.15) is 0 Å². The Morgan fingerprint density at radius 1 is 1.35 bits per heavy atom. The highest BCUT2D eigenvalue weighted by molar-refractivity contribution is 5.93. The van der Waals surface area contributed by atoms with E-state index in [0.29, 0.717) is 5.89 Å². The number of rotatable bonds is 3. The number of nitrogens with one attached hydrogen (secondary N) is 2. The third-order valence-corrected chi connectivity index (χ3v) is 3.45. The van der Waals surface area contributed by atoms with Crippen LogP contribution in [-0.2, 0) is 4.79 Å². The summed E-state index contributed by atoms with van der Waals surface area (Å²) in [5.74, 6) is 0.612. The SMILES string of the molecule is O=C(Nc1cccc(-c2nnco2)c1)C1CCNCC1. The number of amides is 1. The van der Waals surface area contributed by atoms with Crippen molar-refractivity contribution >= 4 is 11.6 Å². The Balaban J connectivity index is 1.71. The van der Waals surface area contributed by atoms with Crippen molar-refractivity contribution in [1.82, 2.24) is 15.5 Å². The fourth-order valence-electron chi connectivity index (χ4n) is 2.36. The van der Waals surface area contributed by atoms with Crippen molar-refractivity contribution in [1.29, 1.82) is 0 Å². The standard InChI is InChI=1S/C14H16N4O2/c19-13(10-4-6-15-7-5-10)17-12-3-1-2-11(8-12)14-18-16-9-20-14/h1-3,8-10,15H,4-7H2,(H,17,19). The maximum Gasteiger partial charge on any atom is 0.247 e. The van der Waals surface area contributed by atoms with Crippen LogP contribution in [0.15, 0.2) is 35.1 Å². The lowest BCUT2D eigenvalue weighted by atomic mass is 9.97. The second-order valence-electron chi connectivity index (χ2n) is 4.84. The quantitative estimate of drug-likeness (QED) is 0.888. The number of aromatic nitrogens is 2. The number of piperidine rings is 1. The van der Waals surface area contributed by atoms with E-state index in [1.165, 1.54) is 6.39 Å². The molecule has 0 radical (unpaired) electrons. The van der Waals surface area contributed by atoms with Gasteiger partial charge in [-0.1, -0.05) is 6.07 Å². The zero-order valence-electron chi connectivity index (χ0n) is 11.0. The first kappa shape index (κ1) is 12.8. The van der Waals surface area contributed by atoms with E-state index in [4.69, 9.17) is 4.42 Å². The molecule has 1 aliphatic heterocycles. The van der Waals surface area contributed by atoms with E-state index in [1.807, 2.05) is 24.3 Å². The zero-order chi connectivity index (χ0) is 13.8. The van der Waals surface area contributed by atoms with Gasteiger partial charge in [-0.15, -0.1) is 10.2 Å². The maximum atomic E-state index is 12.2. The highest BCUT2D eigenvalue weighted by Gasteiger charge is 2.20. The van der Waals surface area contributed by atoms with Gasteiger partial charge in [0.25, 0.3) is 0 Å². The zero-order valence-corrected chi connectivity index (χ0v) is 11.0. The molecule has 104 valence electrons. The van der Waals surface area contributed by atoms with Crippen LogP contribution in [0.1, 0.15) is 12.8 Å². The number of anilines is 1. The van der Waals surface area contributed by atoms with Crippen LogP contribution in [0.2, 0.25) is 0 Å². The molecule has 6 heteroatoms. The summed E-state index contributed by atoms with van der Waals surface area (Å²) in [6.07, 6.45) is 3.06. The van der Waals surface area contributed by atoms with E-state index in [2.05, 4.69) is 20.8 Å². The molecule has 1 amide bonds. The Bertz CT molecular complexity index is 577. The number of hydrogen-bond acceptors (Lipinski definition) is 5. The molecule has 2 heterocycles. The summed E-state index contributed by atoms with van der Waals surface area (Å²) in [6.45, 7) is 1.81. The first-order valence-electron chi connectivity index (χ1n) is 6.71. The molecule has 0 aliphatic carbocycles. The van der Waals surface area contributed by atoms with E-state index in [1.54, 1.807) is 0 Å². The van der Waals surface area contributed by atoms with Gasteiger partial charge in [0.15, 0.2) is 0 Å². The molecule has 2 aromatic rings. The molecule has 1 aliphatic rings. The smallest absolute Gasteiger partial charge is 0.247 e. The molecule has 1 aromatic carbocycles. The number of nitrogens with zero attached hydrogens (tertiary/aromatic N) is 2. The van der Waals surface area contributed by atoms with Crippen LogP contribution in [0.4, 0.5) is 5.69 Å². The summed E-state index contributed by atoms with van der Waals surface area (Å²) in [7, 11) is 0. The van der Waals surface area contributed by atoms with Gasteiger partial charge in [0.2, 0.25) is 18.2 Å². The minimum absolute atomic E-state index is 0.0779. The minimum Gasteiger partial charge on any atom is -0.423 e. The average Bonchev–Trinajstić information content (AvgIpc) is 3.03. The predicted octanol–water partition coefficient (Wildman–Crippen LogP) is 1.67. The third kappa shape index (κ3) is 2.85. The van der Waals surface area contributed by atoms with Crippen molar-refractivity contribution in [2.24, 2.45) is 5.92 Å². The fourth-order valence-corrected chi connectivity index (χ4v) is 2.36. The molecule has 6 nitrogen and oxygen atoms in total. The Morgan fingerprint density at radius 2 is 2.20 bits per heavy atom. The van der Waals surface area contributed by atoms with E-state index in [-0.39, 0.29) is 11.8 Å². The number of carbonyl (C=O) groups is 1. The van der Waals surface area contributed by atoms with Crippen LogP contribution < -0.4 is 10.6 Å². The summed E-state index contributed by atoms with van der Waals surface area (Å²) in [6, 6.07) is 7.43. The fraction of sp³-hybridized carbons (Fsp3) is 0.357. The minimum atomic E-state index is 0.0779. The van der Waals surface area contributed by atoms with E-state index < -0.39 is 0 Å². The van der Waals surface area contributed by atoms with Crippen molar-refractivity contribution in [3.8, 4) is 11.5 Å². The summed E-state index contributed by atoms with van der Waals surface area (Å²) >= 11 is 0. The second kappa shape index (κ2) is 5.83. The van der Waals surface area contributed by atoms with Crippen molar-refractivity contribution < 1.29 is 9.21 Å². The number of benzene rings is 1. The van der Waals surface area contributed by atoms with Gasteiger partial charge in [-0.3, -0.25) is 4.79 Å². The van der Waals surface area contributed by atoms with Gasteiger partial charge >= 0.3 is 0 Å². The summed E-state index contributed by atoms with van der Waals surface area (Å²) in [5, 5.41) is 13.7. The molecule has 1 aromatic heterocycles. The normalized spacial score (nSPS) is 16.0. The Kier molecular flexibility index (Phi) is 3.73. The lowest BCUT2D eigenvalue weighted by Crippen LogP contribution is -2.34. The first-order valence-corrected chi connectivity index (χ1v) is 6.71. The van der Waals surface area contributed by atoms with Gasteiger partial charge in [0.05, 0.1) is 0 Å². The summed E-state index contributed by atoms with van der Waals surface area (Å²) in [4.78, 5) is 12.2. The molecule has 0 unspecified atom stereocenters. The molecular formula is C14H16N4O2. The van der Waals surface area contributed by atoms with Crippen LogP contribution in [0.5, 0.6) is 0 Å². The lowest BCUT2D eigenvalue weighted by Gasteiger charge is -2.21. The van der Waals surface area contributed by atoms with Crippen LogP contribution in [-0.4, -0.2) is 29.2 Å². The van der Waals surface area contributed by atoms with Crippen molar-refractivity contribution in [3.63, 3.8) is 0 Å². The first-order chi connectivity index (χ1) is 9.83. The molecule has 20 heavy (non-hydrogen) atoms. The van der Waals surface area contributed by atoms with Crippen LogP contribution >= 0.6 is 0 Å². The van der Waals surface area contributed by atoms with Crippen molar-refractivity contribution in [3.05, 3.63) is 30.7 Å². The Hall–Kier alpha value is -2.21. The van der Waals surface area contributed by atoms with Gasteiger partial charge < -0.3 is 15.1 Å². The molecule has 0 atom stereocenters. The molecule has 0 spiro atoms. The highest BCUT2D eigenvalue weighted by atomic mass is 16.4. The summed E-state index contributed by atoms with van der Waals surface area (Å²) < 4.78 is 5.15. The predicted molar refractivity (Wildman–Crippen MR) is 74.0 cm³/mol. The number of hydrogen-bond donors (Lipinski definition) is 2. The Morgan fingerprint density at radius 3 is 2.95 bits per heavy atom. The molecule has 0 bridgehead atoms. The monoisotopic (exact) mass is 272 g/mol. The van der Waals surface area contributed by atoms with Crippen molar-refractivity contribution in [2.75, 3.05) is 18.4 Å². The molecule has 1 saturated heterocycles. The average molecular weight is 272 g/mol. The van der Waals surface area contributed by atoms with E-state index >= 15 is 0 Å². The van der Waals surface area contributed by atoms with Crippen molar-refractivity contribution in [2.45, 2.75) is 12.8 Å². The molecule has 2 N–H and O–H groups in total. The lowest BCUT2D eigenvalue weighted by molar-refractivity contribution is -0.120. The number of carbonyl (C=O) groups excluding carboxylic acids is 1. The largest absolute Gasteiger partial charge is 0.423 e. The van der Waals surface area contributed by atoms with Gasteiger partial charge in [0.1, 0.15) is 0 Å². The van der Waals surface area contributed by atoms with Gasteiger partial charge in [-0.05, 0) is 44.1 Å². The molecule has 3 rings (SSSR count). The highest BCUT2D eigenvalue weighted by Crippen LogP contribution is 2.21. The van der Waals surface area contributed by atoms with Gasteiger partial charge in [-0.25, -0.2) is 0 Å². The molecular weight excluding hydrogens is 256 g/mol. The van der Waals surface area contributed by atoms with Gasteiger partial charge in [0, 0.05) is 17.2 Å². The third-order valence-electron chi connectivity index (χ3n) is 3.45. The second-order valence-corrected chi connectivity index (χ2v) is 4.84. The Labute approximate surface area is 116 Å².